The average molecular weight is 327 g/mol. The maximum absolute atomic E-state index is 12.0. The van der Waals surface area contributed by atoms with Gasteiger partial charge in [0.1, 0.15) is 5.78 Å². The Labute approximate surface area is 122 Å². The van der Waals surface area contributed by atoms with Crippen molar-refractivity contribution in [3.8, 4) is 0 Å². The van der Waals surface area contributed by atoms with Crippen molar-refractivity contribution in [2.24, 2.45) is 0 Å². The zero-order valence-corrected chi connectivity index (χ0v) is 12.9. The van der Waals surface area contributed by atoms with Crippen LogP contribution in [0.15, 0.2) is 28.7 Å². The highest BCUT2D eigenvalue weighted by Gasteiger charge is 2.15. The third kappa shape index (κ3) is 4.43. The van der Waals surface area contributed by atoms with E-state index < -0.39 is 0 Å². The molecule has 1 aromatic rings. The first-order chi connectivity index (χ1) is 8.75. The van der Waals surface area contributed by atoms with Crippen molar-refractivity contribution in [1.29, 1.82) is 0 Å². The number of Topliss-reactive ketones (excluding diaryl/α,β-unsaturated/α-hetero) is 1. The van der Waals surface area contributed by atoms with Crippen molar-refractivity contribution in [3.63, 3.8) is 0 Å². The molecule has 0 amide bonds. The summed E-state index contributed by atoms with van der Waals surface area (Å²) < 4.78 is 1.04. The third-order valence-electron chi connectivity index (χ3n) is 3.38. The molecule has 1 aliphatic carbocycles. The number of hydrogen-bond donors (Lipinski definition) is 0. The fourth-order valence-corrected chi connectivity index (χ4v) is 3.96. The molecule has 0 spiro atoms. The van der Waals surface area contributed by atoms with Crippen LogP contribution < -0.4 is 0 Å². The van der Waals surface area contributed by atoms with Crippen molar-refractivity contribution in [1.82, 2.24) is 0 Å². The van der Waals surface area contributed by atoms with E-state index in [0.717, 1.165) is 15.3 Å². The number of thioether (sulfide) groups is 1. The Hall–Kier alpha value is -0.280. The van der Waals surface area contributed by atoms with Crippen molar-refractivity contribution < 1.29 is 4.79 Å². The predicted molar refractivity (Wildman–Crippen MR) is 82.2 cm³/mol. The number of halogens is 1. The minimum Gasteiger partial charge on any atom is -0.298 e. The zero-order valence-electron chi connectivity index (χ0n) is 10.5. The van der Waals surface area contributed by atoms with E-state index in [1.165, 1.54) is 32.1 Å². The Morgan fingerprint density at radius 3 is 2.67 bits per heavy atom. The number of carbonyl (C=O) groups is 1. The lowest BCUT2D eigenvalue weighted by Gasteiger charge is -2.20. The molecule has 0 unspecified atom stereocenters. The molecule has 1 aromatic carbocycles. The minimum atomic E-state index is 0.345. The number of rotatable bonds is 5. The van der Waals surface area contributed by atoms with Crippen molar-refractivity contribution in [2.75, 3.05) is 5.75 Å². The molecule has 1 saturated carbocycles. The topological polar surface area (TPSA) is 17.1 Å². The first kappa shape index (κ1) is 14.1. The Bertz CT molecular complexity index is 399. The Kier molecular flexibility index (Phi) is 5.77. The monoisotopic (exact) mass is 326 g/mol. The molecule has 1 aliphatic rings. The van der Waals surface area contributed by atoms with Gasteiger partial charge in [0, 0.05) is 16.1 Å². The SMILES string of the molecule is O=C(CSC1CCCCC1)Cc1ccccc1Br. The van der Waals surface area contributed by atoms with Gasteiger partial charge in [-0.2, -0.15) is 11.8 Å². The van der Waals surface area contributed by atoms with Gasteiger partial charge in [-0.3, -0.25) is 4.79 Å². The van der Waals surface area contributed by atoms with Crippen LogP contribution in [0.2, 0.25) is 0 Å². The number of hydrogen-bond acceptors (Lipinski definition) is 2. The van der Waals surface area contributed by atoms with Gasteiger partial charge in [0.15, 0.2) is 0 Å². The first-order valence-electron chi connectivity index (χ1n) is 6.62. The molecule has 18 heavy (non-hydrogen) atoms. The summed E-state index contributed by atoms with van der Waals surface area (Å²) in [6, 6.07) is 7.99. The molecule has 98 valence electrons. The summed E-state index contributed by atoms with van der Waals surface area (Å²) in [6.07, 6.45) is 7.22. The van der Waals surface area contributed by atoms with Gasteiger partial charge in [-0.05, 0) is 24.5 Å². The van der Waals surface area contributed by atoms with Gasteiger partial charge in [0.05, 0.1) is 5.75 Å². The molecule has 0 saturated heterocycles. The average Bonchev–Trinajstić information content (AvgIpc) is 2.40. The second-order valence-corrected chi connectivity index (χ2v) is 7.02. The van der Waals surface area contributed by atoms with Gasteiger partial charge in [0.2, 0.25) is 0 Å². The van der Waals surface area contributed by atoms with Crippen LogP contribution in [0.3, 0.4) is 0 Å². The maximum atomic E-state index is 12.0. The van der Waals surface area contributed by atoms with Gasteiger partial charge in [-0.25, -0.2) is 0 Å². The van der Waals surface area contributed by atoms with Gasteiger partial charge in [-0.15, -0.1) is 0 Å². The number of ketones is 1. The molecule has 0 aromatic heterocycles. The smallest absolute Gasteiger partial charge is 0.147 e. The summed E-state index contributed by atoms with van der Waals surface area (Å²) in [7, 11) is 0. The molecule has 2 rings (SSSR count). The summed E-state index contributed by atoms with van der Waals surface area (Å²) in [5, 5.41) is 0.724. The summed E-state index contributed by atoms with van der Waals surface area (Å²) in [4.78, 5) is 12.0. The van der Waals surface area contributed by atoms with Gasteiger partial charge < -0.3 is 0 Å². The molecule has 0 radical (unpaired) electrons. The molecule has 0 heterocycles. The van der Waals surface area contributed by atoms with Crippen LogP contribution in [0.5, 0.6) is 0 Å². The Morgan fingerprint density at radius 2 is 1.94 bits per heavy atom. The molecule has 0 aliphatic heterocycles. The molecule has 0 atom stereocenters. The van der Waals surface area contributed by atoms with E-state index in [1.807, 2.05) is 36.0 Å². The predicted octanol–water partition coefficient (Wildman–Crippen LogP) is 4.63. The second-order valence-electron chi connectivity index (χ2n) is 4.88. The van der Waals surface area contributed by atoms with E-state index in [4.69, 9.17) is 0 Å². The fraction of sp³-hybridized carbons (Fsp3) is 0.533. The zero-order chi connectivity index (χ0) is 12.8. The van der Waals surface area contributed by atoms with Crippen LogP contribution in [0.1, 0.15) is 37.7 Å². The summed E-state index contributed by atoms with van der Waals surface area (Å²) in [5.41, 5.74) is 1.10. The van der Waals surface area contributed by atoms with Crippen molar-refractivity contribution >= 4 is 33.5 Å². The van der Waals surface area contributed by atoms with Crippen LogP contribution in [0.25, 0.3) is 0 Å². The lowest BCUT2D eigenvalue weighted by molar-refractivity contribution is -0.116. The van der Waals surface area contributed by atoms with E-state index in [9.17, 15) is 4.79 Å². The highest BCUT2D eigenvalue weighted by molar-refractivity contribution is 9.10. The quantitative estimate of drug-likeness (QED) is 0.784. The third-order valence-corrected chi connectivity index (χ3v) is 5.58. The first-order valence-corrected chi connectivity index (χ1v) is 8.46. The van der Waals surface area contributed by atoms with Crippen LogP contribution in [0, 0.1) is 0 Å². The van der Waals surface area contributed by atoms with E-state index in [0.29, 0.717) is 18.0 Å². The van der Waals surface area contributed by atoms with E-state index in [2.05, 4.69) is 15.9 Å². The van der Waals surface area contributed by atoms with Crippen LogP contribution in [-0.2, 0) is 11.2 Å². The second kappa shape index (κ2) is 7.34. The molecule has 0 bridgehead atoms. The van der Waals surface area contributed by atoms with E-state index >= 15 is 0 Å². The fourth-order valence-electron chi connectivity index (χ4n) is 2.35. The van der Waals surface area contributed by atoms with Gasteiger partial charge >= 0.3 is 0 Å². The van der Waals surface area contributed by atoms with Crippen LogP contribution in [0.4, 0.5) is 0 Å². The molecular weight excluding hydrogens is 308 g/mol. The Balaban J connectivity index is 1.76. The number of carbonyl (C=O) groups excluding carboxylic acids is 1. The molecule has 3 heteroatoms. The van der Waals surface area contributed by atoms with Gasteiger partial charge in [-0.1, -0.05) is 53.4 Å². The molecule has 1 nitrogen and oxygen atoms in total. The van der Waals surface area contributed by atoms with E-state index in [1.54, 1.807) is 0 Å². The van der Waals surface area contributed by atoms with Crippen LogP contribution in [-0.4, -0.2) is 16.8 Å². The minimum absolute atomic E-state index is 0.345. The largest absolute Gasteiger partial charge is 0.298 e. The summed E-state index contributed by atoms with van der Waals surface area (Å²) >= 11 is 5.36. The Morgan fingerprint density at radius 1 is 1.22 bits per heavy atom. The summed E-state index contributed by atoms with van der Waals surface area (Å²) in [5.74, 6) is 1.02. The highest BCUT2D eigenvalue weighted by atomic mass is 79.9. The lowest BCUT2D eigenvalue weighted by atomic mass is 10.0. The normalized spacial score (nSPS) is 16.7. The van der Waals surface area contributed by atoms with Crippen molar-refractivity contribution in [2.45, 2.75) is 43.8 Å². The van der Waals surface area contributed by atoms with E-state index in [-0.39, 0.29) is 0 Å². The molecule has 0 N–H and O–H groups in total. The maximum Gasteiger partial charge on any atom is 0.147 e. The van der Waals surface area contributed by atoms with Gasteiger partial charge in [0.25, 0.3) is 0 Å². The van der Waals surface area contributed by atoms with Crippen molar-refractivity contribution in [3.05, 3.63) is 34.3 Å². The lowest BCUT2D eigenvalue weighted by Crippen LogP contribution is -2.13. The molecule has 1 fully saturated rings. The number of benzene rings is 1. The highest BCUT2D eigenvalue weighted by Crippen LogP contribution is 2.28. The van der Waals surface area contributed by atoms with Crippen LogP contribution >= 0.6 is 27.7 Å². The molecular formula is C15H19BrOS. The summed E-state index contributed by atoms with van der Waals surface area (Å²) in [6.45, 7) is 0. The standard InChI is InChI=1S/C15H19BrOS/c16-15-9-5-4-6-12(15)10-13(17)11-18-14-7-2-1-3-8-14/h4-6,9,14H,1-3,7-8,10-11H2.